The summed E-state index contributed by atoms with van der Waals surface area (Å²) in [5.41, 5.74) is 2.22. The molecule has 0 N–H and O–H groups in total. The number of hydrogen-bond acceptors (Lipinski definition) is 1. The molecular weight excluding hydrogens is 428 g/mol. The fourth-order valence-electron chi connectivity index (χ4n) is 1.25. The molecular formula is C19H26OW. The van der Waals surface area contributed by atoms with Crippen molar-refractivity contribution >= 4 is 6.29 Å². The van der Waals surface area contributed by atoms with Crippen molar-refractivity contribution < 1.29 is 25.9 Å². The number of aryl methyl sites for hydroxylation is 1. The van der Waals surface area contributed by atoms with Crippen LogP contribution in [0.5, 0.6) is 0 Å². The molecule has 0 unspecified atom stereocenters. The molecule has 0 amide bonds. The van der Waals surface area contributed by atoms with Gasteiger partial charge in [-0.1, -0.05) is 63.1 Å². The Balaban J connectivity index is -0.000000255. The first-order valence-corrected chi connectivity index (χ1v) is 7.14. The fourth-order valence-corrected chi connectivity index (χ4v) is 1.25. The zero-order chi connectivity index (χ0) is 15.6. The molecule has 0 spiro atoms. The maximum Gasteiger partial charge on any atom is 2.00 e. The topological polar surface area (TPSA) is 17.1 Å². The van der Waals surface area contributed by atoms with Crippen LogP contribution in [0, 0.1) is 13.0 Å². The predicted octanol–water partition coefficient (Wildman–Crippen LogP) is 5.18. The Labute approximate surface area is 145 Å². The average molecular weight is 454 g/mol. The van der Waals surface area contributed by atoms with E-state index in [1.807, 2.05) is 95.5 Å². The molecule has 0 aromatic heterocycles. The van der Waals surface area contributed by atoms with Gasteiger partial charge >= 0.3 is 21.1 Å². The number of benzene rings is 2. The second kappa shape index (κ2) is 21.1. The summed E-state index contributed by atoms with van der Waals surface area (Å²) in [5, 5.41) is 0. The van der Waals surface area contributed by atoms with E-state index in [1.165, 1.54) is 5.56 Å². The third kappa shape index (κ3) is 16.7. The molecule has 0 aliphatic rings. The van der Waals surface area contributed by atoms with Gasteiger partial charge in [0, 0.05) is 0 Å². The Morgan fingerprint density at radius 3 is 1.86 bits per heavy atom. The molecule has 0 atom stereocenters. The predicted molar refractivity (Wildman–Crippen MR) is 88.6 cm³/mol. The number of carbonyl (C=O) groups excluding carboxylic acids is 1. The van der Waals surface area contributed by atoms with Crippen molar-refractivity contribution in [3.63, 3.8) is 0 Å². The van der Waals surface area contributed by atoms with E-state index in [4.69, 9.17) is 0 Å². The van der Waals surface area contributed by atoms with Gasteiger partial charge in [0.1, 0.15) is 0 Å². The summed E-state index contributed by atoms with van der Waals surface area (Å²) in [6.07, 6.45) is 2.27. The van der Waals surface area contributed by atoms with Gasteiger partial charge in [-0.15, -0.1) is 6.42 Å². The molecule has 0 aliphatic carbocycles. The first-order valence-electron chi connectivity index (χ1n) is 7.14. The average Bonchev–Trinajstić information content (AvgIpc) is 2.54. The summed E-state index contributed by atoms with van der Waals surface area (Å²) in [6.45, 7) is 10.0. The standard InChI is InChI=1S/C9H9O.C6H5.2C2H6.W/c1-8-3-2-4-9(7-8)5-6-10;1-2-4-6-5-3-1;2*1-2;/h2-4,7H,5H2,1H3;1-5H;2*1-2H3;/q2*-1;;;+2. The molecule has 2 heteroatoms. The Morgan fingerprint density at radius 2 is 1.52 bits per heavy atom. The van der Waals surface area contributed by atoms with Gasteiger partial charge in [0.05, 0.1) is 0 Å². The van der Waals surface area contributed by atoms with E-state index in [-0.39, 0.29) is 21.1 Å². The van der Waals surface area contributed by atoms with Gasteiger partial charge in [0.25, 0.3) is 0 Å². The van der Waals surface area contributed by atoms with E-state index < -0.39 is 0 Å². The van der Waals surface area contributed by atoms with E-state index in [0.29, 0.717) is 6.42 Å². The Kier molecular flexibility index (Phi) is 24.9. The number of hydrogen-bond donors (Lipinski definition) is 0. The molecule has 0 saturated carbocycles. The van der Waals surface area contributed by atoms with Crippen molar-refractivity contribution in [2.45, 2.75) is 41.0 Å². The first kappa shape index (κ1) is 24.8. The summed E-state index contributed by atoms with van der Waals surface area (Å²) >= 11 is 0. The minimum Gasteiger partial charge on any atom is -0.541 e. The second-order valence-corrected chi connectivity index (χ2v) is 3.39. The van der Waals surface area contributed by atoms with Crippen LogP contribution in [0.2, 0.25) is 0 Å². The van der Waals surface area contributed by atoms with Gasteiger partial charge in [0.2, 0.25) is 0 Å². The summed E-state index contributed by atoms with van der Waals surface area (Å²) in [6, 6.07) is 20.4. The van der Waals surface area contributed by atoms with Crippen LogP contribution in [0.25, 0.3) is 0 Å². The molecule has 21 heavy (non-hydrogen) atoms. The summed E-state index contributed by atoms with van der Waals surface area (Å²) in [7, 11) is 0. The fraction of sp³-hybridized carbons (Fsp3) is 0.316. The van der Waals surface area contributed by atoms with Crippen LogP contribution in [0.4, 0.5) is 0 Å². The van der Waals surface area contributed by atoms with E-state index in [1.54, 1.807) is 0 Å². The van der Waals surface area contributed by atoms with Gasteiger partial charge in [-0.05, 0) is 6.92 Å². The van der Waals surface area contributed by atoms with Crippen molar-refractivity contribution in [2.24, 2.45) is 0 Å². The quantitative estimate of drug-likeness (QED) is 0.572. The third-order valence-corrected chi connectivity index (χ3v) is 1.97. The molecule has 0 heterocycles. The van der Waals surface area contributed by atoms with Crippen molar-refractivity contribution in [3.05, 3.63) is 71.8 Å². The molecule has 2 rings (SSSR count). The van der Waals surface area contributed by atoms with Crippen molar-refractivity contribution in [3.8, 4) is 0 Å². The maximum atomic E-state index is 9.96. The summed E-state index contributed by atoms with van der Waals surface area (Å²) in [4.78, 5) is 9.96. The molecule has 0 aliphatic heterocycles. The van der Waals surface area contributed by atoms with E-state index in [0.717, 1.165) is 5.56 Å². The third-order valence-electron chi connectivity index (χ3n) is 1.97. The van der Waals surface area contributed by atoms with Crippen molar-refractivity contribution in [2.75, 3.05) is 0 Å². The Hall–Kier alpha value is -1.20. The molecule has 2 aromatic carbocycles. The summed E-state index contributed by atoms with van der Waals surface area (Å²) in [5.74, 6) is 0. The normalized spacial score (nSPS) is 7.29. The van der Waals surface area contributed by atoms with Gasteiger partial charge in [-0.3, -0.25) is 6.29 Å². The van der Waals surface area contributed by atoms with Crippen LogP contribution in [-0.4, -0.2) is 6.29 Å². The molecule has 0 bridgehead atoms. The zero-order valence-electron chi connectivity index (χ0n) is 13.7. The Morgan fingerprint density at radius 1 is 0.952 bits per heavy atom. The van der Waals surface area contributed by atoms with Crippen LogP contribution in [-0.2, 0) is 32.3 Å². The van der Waals surface area contributed by atoms with E-state index in [2.05, 4.69) is 6.07 Å². The molecule has 0 fully saturated rings. The van der Waals surface area contributed by atoms with Crippen LogP contribution in [0.15, 0.2) is 54.6 Å². The van der Waals surface area contributed by atoms with Crippen LogP contribution in [0.3, 0.4) is 0 Å². The molecule has 114 valence electrons. The molecule has 0 radical (unpaired) electrons. The smallest absolute Gasteiger partial charge is 0.541 e. The SMILES string of the molecule is CC.CC.Cc1cccc(C[C-]=O)c1.[W+2].[c-]1ccccc1. The van der Waals surface area contributed by atoms with Gasteiger partial charge in [0.15, 0.2) is 0 Å². The molecule has 1 nitrogen and oxygen atoms in total. The van der Waals surface area contributed by atoms with Crippen LogP contribution in [0.1, 0.15) is 38.8 Å². The number of rotatable bonds is 2. The van der Waals surface area contributed by atoms with Gasteiger partial charge in [-0.2, -0.15) is 36.4 Å². The van der Waals surface area contributed by atoms with E-state index >= 15 is 0 Å². The van der Waals surface area contributed by atoms with Crippen molar-refractivity contribution in [1.29, 1.82) is 0 Å². The monoisotopic (exact) mass is 454 g/mol. The van der Waals surface area contributed by atoms with Crippen LogP contribution < -0.4 is 0 Å². The maximum absolute atomic E-state index is 9.96. The zero-order valence-corrected chi connectivity index (χ0v) is 16.7. The van der Waals surface area contributed by atoms with Crippen LogP contribution >= 0.6 is 0 Å². The Bertz CT molecular complexity index is 386. The first-order chi connectivity index (χ1) is 9.83. The second-order valence-electron chi connectivity index (χ2n) is 3.39. The minimum absolute atomic E-state index is 0. The summed E-state index contributed by atoms with van der Waals surface area (Å²) < 4.78 is 0. The van der Waals surface area contributed by atoms with Gasteiger partial charge in [-0.25, -0.2) is 0 Å². The largest absolute Gasteiger partial charge is 2.00 e. The molecule has 2 aromatic rings. The van der Waals surface area contributed by atoms with Gasteiger partial charge < -0.3 is 4.79 Å². The van der Waals surface area contributed by atoms with E-state index in [9.17, 15) is 4.79 Å². The van der Waals surface area contributed by atoms with Crippen molar-refractivity contribution in [1.82, 2.24) is 0 Å². The molecule has 0 saturated heterocycles. The minimum atomic E-state index is 0.